The second kappa shape index (κ2) is 13.3. The number of aromatic nitrogens is 3. The highest BCUT2D eigenvalue weighted by Crippen LogP contribution is 2.35. The minimum absolute atomic E-state index is 0.0544. The zero-order valence-electron chi connectivity index (χ0n) is 26.8. The van der Waals surface area contributed by atoms with Gasteiger partial charge in [0.1, 0.15) is 23.5 Å². The molecule has 1 N–H and O–H groups in total. The molecule has 1 fully saturated rings. The van der Waals surface area contributed by atoms with E-state index in [0.717, 1.165) is 29.8 Å². The molecule has 2 aliphatic rings. The smallest absolute Gasteiger partial charge is 0.410 e. The van der Waals surface area contributed by atoms with Crippen LogP contribution in [0.4, 0.5) is 20.7 Å². The minimum Gasteiger partial charge on any atom is -0.451 e. The molecule has 0 radical (unpaired) electrons. The molecule has 2 aliphatic heterocycles. The van der Waals surface area contributed by atoms with Gasteiger partial charge in [-0.3, -0.25) is 14.7 Å². The molecule has 240 valence electrons. The van der Waals surface area contributed by atoms with Crippen LogP contribution < -0.4 is 15.0 Å². The first-order valence-corrected chi connectivity index (χ1v) is 15.5. The van der Waals surface area contributed by atoms with Crippen molar-refractivity contribution < 1.29 is 23.5 Å². The summed E-state index contributed by atoms with van der Waals surface area (Å²) in [5.41, 5.74) is 2.46. The Morgan fingerprint density at radius 3 is 2.56 bits per heavy atom. The molecule has 3 aromatic rings. The molecule has 0 bridgehead atoms. The lowest BCUT2D eigenvalue weighted by molar-refractivity contribution is 0.0240. The third-order valence-corrected chi connectivity index (χ3v) is 7.92. The summed E-state index contributed by atoms with van der Waals surface area (Å²) in [5, 5.41) is 3.68. The Morgan fingerprint density at radius 2 is 1.87 bits per heavy atom. The van der Waals surface area contributed by atoms with Crippen LogP contribution in [0.1, 0.15) is 76.0 Å². The Morgan fingerprint density at radius 1 is 1.11 bits per heavy atom. The van der Waals surface area contributed by atoms with Gasteiger partial charge in [-0.1, -0.05) is 0 Å². The van der Waals surface area contributed by atoms with Crippen molar-refractivity contribution in [2.75, 3.05) is 29.9 Å². The van der Waals surface area contributed by atoms with E-state index < -0.39 is 11.4 Å². The number of anilines is 2. The van der Waals surface area contributed by atoms with Gasteiger partial charge in [-0.05, 0) is 78.6 Å². The summed E-state index contributed by atoms with van der Waals surface area (Å²) in [7, 11) is 0. The standard InChI is InChI=1S/C33H42FN7O4/c1-7-41(21(2)3)31(42)24-16-22(34)8-9-28(24)44-29-17-35-20-37-30(29)39-14-11-23(12-15-39)38-26-10-13-36-27-19-40(18-25(26)27)32(43)45-33(4,5)6/h8-10,13,16-17,20-21,23H,7,11-12,14-15,18-19H2,1-6H3,(H,36,38). The summed E-state index contributed by atoms with van der Waals surface area (Å²) >= 11 is 0. The number of nitrogens with zero attached hydrogens (tertiary/aromatic N) is 6. The maximum absolute atomic E-state index is 14.3. The number of carbonyl (C=O) groups is 2. The lowest BCUT2D eigenvalue weighted by Crippen LogP contribution is -2.40. The van der Waals surface area contributed by atoms with Crippen LogP contribution >= 0.6 is 0 Å². The molecule has 1 aromatic carbocycles. The zero-order valence-corrected chi connectivity index (χ0v) is 26.8. The largest absolute Gasteiger partial charge is 0.451 e. The van der Waals surface area contributed by atoms with Crippen LogP contribution in [-0.4, -0.2) is 74.1 Å². The van der Waals surface area contributed by atoms with E-state index in [1.54, 1.807) is 22.2 Å². The second-order valence-electron chi connectivity index (χ2n) is 12.7. The molecule has 4 heterocycles. The fraction of sp³-hybridized carbons (Fsp3) is 0.485. The molecule has 2 amide bonds. The molecule has 45 heavy (non-hydrogen) atoms. The van der Waals surface area contributed by atoms with E-state index >= 15 is 0 Å². The topological polar surface area (TPSA) is 113 Å². The summed E-state index contributed by atoms with van der Waals surface area (Å²) in [6.07, 6.45) is 6.13. The van der Waals surface area contributed by atoms with Crippen molar-refractivity contribution in [3.05, 3.63) is 65.6 Å². The number of carbonyl (C=O) groups excluding carboxylic acids is 2. The number of fused-ring (bicyclic) bond motifs is 1. The predicted molar refractivity (Wildman–Crippen MR) is 169 cm³/mol. The van der Waals surface area contributed by atoms with E-state index in [1.807, 2.05) is 47.6 Å². The Balaban J connectivity index is 1.26. The average molecular weight is 620 g/mol. The van der Waals surface area contributed by atoms with Crippen molar-refractivity contribution in [2.45, 2.75) is 85.2 Å². The third kappa shape index (κ3) is 7.43. The highest BCUT2D eigenvalue weighted by Gasteiger charge is 2.31. The molecule has 12 heteroatoms. The number of nitrogens with one attached hydrogen (secondary N) is 1. The van der Waals surface area contributed by atoms with Crippen molar-refractivity contribution in [3.63, 3.8) is 0 Å². The Kier molecular flexibility index (Phi) is 9.40. The van der Waals surface area contributed by atoms with Crippen molar-refractivity contribution in [2.24, 2.45) is 0 Å². The molecular formula is C33H42FN7O4. The molecule has 11 nitrogen and oxygen atoms in total. The van der Waals surface area contributed by atoms with Crippen LogP contribution in [0.5, 0.6) is 11.5 Å². The summed E-state index contributed by atoms with van der Waals surface area (Å²) in [6.45, 7) is 14.1. The Hall–Kier alpha value is -4.48. The van der Waals surface area contributed by atoms with Crippen LogP contribution in [0.15, 0.2) is 43.0 Å². The maximum atomic E-state index is 14.3. The van der Waals surface area contributed by atoms with Gasteiger partial charge >= 0.3 is 6.09 Å². The van der Waals surface area contributed by atoms with Gasteiger partial charge in [-0.2, -0.15) is 0 Å². The number of ether oxygens (including phenoxy) is 2. The summed E-state index contributed by atoms with van der Waals surface area (Å²) in [5.74, 6) is 0.442. The number of piperidine rings is 1. The van der Waals surface area contributed by atoms with Crippen molar-refractivity contribution in [1.82, 2.24) is 24.8 Å². The van der Waals surface area contributed by atoms with Gasteiger partial charge in [0, 0.05) is 49.2 Å². The number of benzene rings is 1. The minimum atomic E-state index is -0.564. The van der Waals surface area contributed by atoms with E-state index in [-0.39, 0.29) is 35.4 Å². The Bertz CT molecular complexity index is 1540. The van der Waals surface area contributed by atoms with E-state index in [2.05, 4.69) is 25.2 Å². The van der Waals surface area contributed by atoms with Crippen molar-refractivity contribution in [3.8, 4) is 11.5 Å². The van der Waals surface area contributed by atoms with Crippen LogP contribution in [0.2, 0.25) is 0 Å². The molecule has 1 saturated heterocycles. The lowest BCUT2D eigenvalue weighted by Gasteiger charge is -2.34. The van der Waals surface area contributed by atoms with Crippen LogP contribution in [0.3, 0.4) is 0 Å². The molecule has 0 spiro atoms. The summed E-state index contributed by atoms with van der Waals surface area (Å²) < 4.78 is 26.1. The number of hydrogen-bond donors (Lipinski definition) is 1. The number of amides is 2. The fourth-order valence-corrected chi connectivity index (χ4v) is 5.72. The SMILES string of the molecule is CCN(C(=O)c1cc(F)ccc1Oc1cncnc1N1CCC(Nc2ccnc3c2CN(C(=O)OC(C)(C)C)C3)CC1)C(C)C. The maximum Gasteiger partial charge on any atom is 0.410 e. The average Bonchev–Trinajstić information content (AvgIpc) is 3.44. The van der Waals surface area contributed by atoms with E-state index in [4.69, 9.17) is 9.47 Å². The van der Waals surface area contributed by atoms with Gasteiger partial charge in [0.25, 0.3) is 5.91 Å². The van der Waals surface area contributed by atoms with Gasteiger partial charge in [0.15, 0.2) is 11.6 Å². The van der Waals surface area contributed by atoms with Gasteiger partial charge in [0.2, 0.25) is 0 Å². The monoisotopic (exact) mass is 619 g/mol. The molecule has 0 saturated carbocycles. The van der Waals surface area contributed by atoms with Crippen LogP contribution in [-0.2, 0) is 17.8 Å². The van der Waals surface area contributed by atoms with E-state index in [9.17, 15) is 14.0 Å². The lowest BCUT2D eigenvalue weighted by atomic mass is 10.0. The van der Waals surface area contributed by atoms with E-state index in [0.29, 0.717) is 44.3 Å². The van der Waals surface area contributed by atoms with Gasteiger partial charge in [-0.15, -0.1) is 0 Å². The predicted octanol–water partition coefficient (Wildman–Crippen LogP) is 6.01. The first kappa shape index (κ1) is 31.9. The number of rotatable bonds is 8. The van der Waals surface area contributed by atoms with Crippen molar-refractivity contribution >= 4 is 23.5 Å². The van der Waals surface area contributed by atoms with Gasteiger partial charge in [0.05, 0.1) is 30.5 Å². The van der Waals surface area contributed by atoms with Crippen LogP contribution in [0.25, 0.3) is 0 Å². The molecule has 5 rings (SSSR count). The number of hydrogen-bond acceptors (Lipinski definition) is 9. The molecular weight excluding hydrogens is 577 g/mol. The van der Waals surface area contributed by atoms with Gasteiger partial charge < -0.3 is 24.6 Å². The van der Waals surface area contributed by atoms with Gasteiger partial charge in [-0.25, -0.2) is 19.2 Å². The first-order chi connectivity index (χ1) is 21.4. The summed E-state index contributed by atoms with van der Waals surface area (Å²) in [4.78, 5) is 44.7. The molecule has 0 unspecified atom stereocenters. The first-order valence-electron chi connectivity index (χ1n) is 15.5. The number of pyridine rings is 1. The second-order valence-corrected chi connectivity index (χ2v) is 12.7. The zero-order chi connectivity index (χ0) is 32.3. The number of halogens is 1. The highest BCUT2D eigenvalue weighted by molar-refractivity contribution is 5.97. The van der Waals surface area contributed by atoms with E-state index in [1.165, 1.54) is 24.5 Å². The highest BCUT2D eigenvalue weighted by atomic mass is 19.1. The molecule has 2 aromatic heterocycles. The normalized spacial score (nSPS) is 15.2. The van der Waals surface area contributed by atoms with Crippen LogP contribution in [0, 0.1) is 5.82 Å². The van der Waals surface area contributed by atoms with Crippen molar-refractivity contribution in [1.29, 1.82) is 0 Å². The fourth-order valence-electron chi connectivity index (χ4n) is 5.72. The molecule has 0 atom stereocenters. The molecule has 0 aliphatic carbocycles. The quantitative estimate of drug-likeness (QED) is 0.324. The Labute approximate surface area is 263 Å². The third-order valence-electron chi connectivity index (χ3n) is 7.92. The summed E-state index contributed by atoms with van der Waals surface area (Å²) in [6, 6.07) is 6.07.